The second-order valence-corrected chi connectivity index (χ2v) is 5.02. The molecule has 2 heterocycles. The van der Waals surface area contributed by atoms with Gasteiger partial charge in [-0.3, -0.25) is 5.32 Å². The van der Waals surface area contributed by atoms with Gasteiger partial charge in [0.1, 0.15) is 23.8 Å². The number of hydrogen-bond acceptors (Lipinski definition) is 5. The number of benzene rings is 1. The van der Waals surface area contributed by atoms with Gasteiger partial charge in [0.25, 0.3) is 0 Å². The van der Waals surface area contributed by atoms with E-state index in [0.717, 1.165) is 0 Å². The van der Waals surface area contributed by atoms with Crippen molar-refractivity contribution < 1.29 is 14.2 Å². The number of halogens is 1. The Morgan fingerprint density at radius 1 is 1.48 bits per heavy atom. The maximum absolute atomic E-state index is 13.3. The summed E-state index contributed by atoms with van der Waals surface area (Å²) in [7, 11) is 1.76. The van der Waals surface area contributed by atoms with Crippen molar-refractivity contribution in [1.29, 1.82) is 0 Å². The molecule has 1 fully saturated rings. The molecule has 1 aliphatic heterocycles. The summed E-state index contributed by atoms with van der Waals surface area (Å²) in [5.74, 6) is -0.323. The topological polar surface area (TPSA) is 72.2 Å². The number of nitrogens with one attached hydrogen (secondary N) is 1. The third-order valence-corrected chi connectivity index (χ3v) is 3.64. The van der Waals surface area contributed by atoms with E-state index in [1.165, 1.54) is 12.1 Å². The lowest BCUT2D eigenvalue weighted by Gasteiger charge is -2.34. The fourth-order valence-corrected chi connectivity index (χ4v) is 2.56. The minimum Gasteiger partial charge on any atom is -0.391 e. The lowest BCUT2D eigenvalue weighted by molar-refractivity contribution is -0.0995. The highest BCUT2D eigenvalue weighted by Crippen LogP contribution is 2.26. The maximum Gasteiger partial charge on any atom is 0.133 e. The molecule has 3 atom stereocenters. The Labute approximate surface area is 121 Å². The first-order valence-electron chi connectivity index (χ1n) is 6.84. The normalized spacial score (nSPS) is 26.0. The van der Waals surface area contributed by atoms with Crippen molar-refractivity contribution in [3.8, 4) is 11.3 Å². The molecule has 2 aromatic rings. The molecule has 6 nitrogen and oxygen atoms in total. The summed E-state index contributed by atoms with van der Waals surface area (Å²) in [5.41, 5.74) is 1.20. The van der Waals surface area contributed by atoms with Crippen molar-refractivity contribution >= 4 is 0 Å². The number of aliphatic hydroxyl groups is 1. The van der Waals surface area contributed by atoms with Gasteiger partial charge in [-0.25, -0.2) is 9.07 Å². The van der Waals surface area contributed by atoms with Crippen LogP contribution in [0.2, 0.25) is 0 Å². The summed E-state index contributed by atoms with van der Waals surface area (Å²) in [4.78, 5) is 0. The Morgan fingerprint density at radius 3 is 3.10 bits per heavy atom. The van der Waals surface area contributed by atoms with Crippen molar-refractivity contribution in [3.05, 3.63) is 36.3 Å². The minimum absolute atomic E-state index is 0.323. The summed E-state index contributed by atoms with van der Waals surface area (Å²) in [6.07, 6.45) is 1.33. The summed E-state index contributed by atoms with van der Waals surface area (Å²) >= 11 is 0. The molecule has 21 heavy (non-hydrogen) atoms. The maximum atomic E-state index is 13.3. The van der Waals surface area contributed by atoms with Gasteiger partial charge in [-0.1, -0.05) is 17.3 Å². The standard InChI is InChI=1S/C14H17FN4O2/c1-16-14-13(12(20)5-6-21-14)19-8-11(17-18-19)9-3-2-4-10(15)7-9/h2-4,7-8,12-14,16,20H,5-6H2,1H3. The zero-order chi connectivity index (χ0) is 14.8. The van der Waals surface area contributed by atoms with E-state index in [4.69, 9.17) is 4.74 Å². The van der Waals surface area contributed by atoms with E-state index < -0.39 is 6.10 Å². The van der Waals surface area contributed by atoms with E-state index in [0.29, 0.717) is 24.3 Å². The molecule has 0 bridgehead atoms. The molecule has 3 rings (SSSR count). The average Bonchev–Trinajstić information content (AvgIpc) is 2.96. The van der Waals surface area contributed by atoms with Crippen LogP contribution in [0.5, 0.6) is 0 Å². The van der Waals surface area contributed by atoms with E-state index in [9.17, 15) is 9.50 Å². The molecule has 2 N–H and O–H groups in total. The van der Waals surface area contributed by atoms with Crippen molar-refractivity contribution in [2.45, 2.75) is 24.8 Å². The number of likely N-dealkylation sites (N-methyl/N-ethyl adjacent to an activating group) is 1. The molecular formula is C14H17FN4O2. The van der Waals surface area contributed by atoms with Crippen LogP contribution >= 0.6 is 0 Å². The fourth-order valence-electron chi connectivity index (χ4n) is 2.56. The fraction of sp³-hybridized carbons (Fsp3) is 0.429. The zero-order valence-electron chi connectivity index (χ0n) is 11.6. The number of rotatable bonds is 3. The van der Waals surface area contributed by atoms with E-state index in [-0.39, 0.29) is 18.1 Å². The van der Waals surface area contributed by atoms with E-state index >= 15 is 0 Å². The summed E-state index contributed by atoms with van der Waals surface area (Å²) < 4.78 is 20.4. The van der Waals surface area contributed by atoms with Crippen molar-refractivity contribution in [2.24, 2.45) is 0 Å². The summed E-state index contributed by atoms with van der Waals surface area (Å²) in [6, 6.07) is 5.81. The Morgan fingerprint density at radius 2 is 2.33 bits per heavy atom. The quantitative estimate of drug-likeness (QED) is 0.881. The second kappa shape index (κ2) is 5.88. The van der Waals surface area contributed by atoms with E-state index in [2.05, 4.69) is 15.6 Å². The third kappa shape index (κ3) is 2.80. The Balaban J connectivity index is 1.90. The molecule has 0 saturated carbocycles. The number of aromatic nitrogens is 3. The van der Waals surface area contributed by atoms with Crippen LogP contribution in [0.3, 0.4) is 0 Å². The second-order valence-electron chi connectivity index (χ2n) is 5.02. The van der Waals surface area contributed by atoms with Gasteiger partial charge in [-0.2, -0.15) is 0 Å². The predicted molar refractivity (Wildman–Crippen MR) is 73.9 cm³/mol. The Bertz CT molecular complexity index is 619. The summed E-state index contributed by atoms with van der Waals surface area (Å²) in [6.45, 7) is 0.495. The molecule has 1 saturated heterocycles. The van der Waals surface area contributed by atoms with Gasteiger partial charge in [-0.05, 0) is 25.6 Å². The molecule has 3 unspecified atom stereocenters. The highest BCUT2D eigenvalue weighted by molar-refractivity contribution is 5.57. The highest BCUT2D eigenvalue weighted by atomic mass is 19.1. The predicted octanol–water partition coefficient (Wildman–Crippen LogP) is 0.952. The van der Waals surface area contributed by atoms with Crippen molar-refractivity contribution in [2.75, 3.05) is 13.7 Å². The molecule has 1 aliphatic rings. The first kappa shape index (κ1) is 14.1. The molecule has 0 aliphatic carbocycles. The molecule has 1 aromatic carbocycles. The lowest BCUT2D eigenvalue weighted by atomic mass is 10.0. The van der Waals surface area contributed by atoms with Gasteiger partial charge < -0.3 is 9.84 Å². The van der Waals surface area contributed by atoms with Crippen molar-refractivity contribution in [1.82, 2.24) is 20.3 Å². The lowest BCUT2D eigenvalue weighted by Crippen LogP contribution is -2.48. The third-order valence-electron chi connectivity index (χ3n) is 3.64. The van der Waals surface area contributed by atoms with Gasteiger partial charge in [0, 0.05) is 5.56 Å². The van der Waals surface area contributed by atoms with Crippen LogP contribution < -0.4 is 5.32 Å². The number of ether oxygens (including phenoxy) is 1. The first-order chi connectivity index (χ1) is 10.2. The van der Waals surface area contributed by atoms with Gasteiger partial charge in [0.2, 0.25) is 0 Å². The molecule has 112 valence electrons. The van der Waals surface area contributed by atoms with Crippen LogP contribution in [-0.4, -0.2) is 46.1 Å². The monoisotopic (exact) mass is 292 g/mol. The van der Waals surface area contributed by atoms with Crippen LogP contribution in [0.15, 0.2) is 30.5 Å². The number of aliphatic hydroxyl groups excluding tert-OH is 1. The number of hydrogen-bond donors (Lipinski definition) is 2. The van der Waals surface area contributed by atoms with Crippen LogP contribution in [0.25, 0.3) is 11.3 Å². The minimum atomic E-state index is -0.571. The van der Waals surface area contributed by atoms with Crippen molar-refractivity contribution in [3.63, 3.8) is 0 Å². The Kier molecular flexibility index (Phi) is 3.96. The average molecular weight is 292 g/mol. The van der Waals surface area contributed by atoms with Gasteiger partial charge in [0.05, 0.1) is 18.9 Å². The van der Waals surface area contributed by atoms with Crippen LogP contribution in [0, 0.1) is 5.82 Å². The van der Waals surface area contributed by atoms with Crippen LogP contribution in [-0.2, 0) is 4.74 Å². The first-order valence-corrected chi connectivity index (χ1v) is 6.84. The molecule has 0 radical (unpaired) electrons. The number of nitrogens with zero attached hydrogens (tertiary/aromatic N) is 3. The van der Waals surface area contributed by atoms with Gasteiger partial charge in [0.15, 0.2) is 0 Å². The van der Waals surface area contributed by atoms with Crippen LogP contribution in [0.4, 0.5) is 4.39 Å². The van der Waals surface area contributed by atoms with E-state index in [1.807, 2.05) is 0 Å². The molecule has 1 aromatic heterocycles. The molecule has 0 spiro atoms. The SMILES string of the molecule is CNC1OCCC(O)C1n1cc(-c2cccc(F)c2)nn1. The summed E-state index contributed by atoms with van der Waals surface area (Å²) in [5, 5.41) is 21.3. The van der Waals surface area contributed by atoms with Crippen LogP contribution in [0.1, 0.15) is 12.5 Å². The molecular weight excluding hydrogens is 275 g/mol. The Hall–Kier alpha value is -1.83. The van der Waals surface area contributed by atoms with E-state index in [1.54, 1.807) is 30.1 Å². The van der Waals surface area contributed by atoms with Gasteiger partial charge >= 0.3 is 0 Å². The molecule has 0 amide bonds. The van der Waals surface area contributed by atoms with Gasteiger partial charge in [-0.15, -0.1) is 5.10 Å². The smallest absolute Gasteiger partial charge is 0.133 e. The highest BCUT2D eigenvalue weighted by Gasteiger charge is 2.34. The molecule has 7 heteroatoms. The zero-order valence-corrected chi connectivity index (χ0v) is 11.6. The largest absolute Gasteiger partial charge is 0.391 e.